The summed E-state index contributed by atoms with van der Waals surface area (Å²) in [5, 5.41) is 7.81. The van der Waals surface area contributed by atoms with Gasteiger partial charge in [-0.1, -0.05) is 36.0 Å². The predicted molar refractivity (Wildman–Crippen MR) is 104 cm³/mol. The van der Waals surface area contributed by atoms with Crippen molar-refractivity contribution in [2.75, 3.05) is 5.32 Å². The van der Waals surface area contributed by atoms with E-state index in [1.165, 1.54) is 5.56 Å². The minimum atomic E-state index is -2.42. The average Bonchev–Trinajstić information content (AvgIpc) is 2.61. The molecule has 0 heterocycles. The highest BCUT2D eigenvalue weighted by molar-refractivity contribution is 7.99. The summed E-state index contributed by atoms with van der Waals surface area (Å²) in [7, 11) is 0. The number of nitrogens with one attached hydrogen (secondary N) is 2. The van der Waals surface area contributed by atoms with Gasteiger partial charge in [0.25, 0.3) is 5.76 Å². The van der Waals surface area contributed by atoms with Crippen LogP contribution in [-0.2, 0) is 6.42 Å². The molecule has 0 saturated carbocycles. The zero-order valence-electron chi connectivity index (χ0n) is 13.3. The summed E-state index contributed by atoms with van der Waals surface area (Å²) in [4.78, 5) is 0.512. The van der Waals surface area contributed by atoms with Crippen molar-refractivity contribution in [3.05, 3.63) is 59.7 Å². The minimum Gasteiger partial charge on any atom is -0.331 e. The normalized spacial score (nSPS) is 15.1. The van der Waals surface area contributed by atoms with Crippen LogP contribution in [0.5, 0.6) is 0 Å². The molecule has 0 radical (unpaired) electrons. The zero-order chi connectivity index (χ0) is 17.6. The summed E-state index contributed by atoms with van der Waals surface area (Å²) in [6.45, 7) is 0. The average molecular weight is 377 g/mol. The van der Waals surface area contributed by atoms with Crippen LogP contribution in [0.25, 0.3) is 0 Å². The topological polar surface area (TPSA) is 36.4 Å². The van der Waals surface area contributed by atoms with E-state index < -0.39 is 5.76 Å². The SMILES string of the molecule is FC(F)Sc1ccc(NC(=S)NN=C2CCCc3ccccc32)cc1. The Morgan fingerprint density at radius 2 is 1.84 bits per heavy atom. The lowest BCUT2D eigenvalue weighted by Crippen LogP contribution is -2.26. The summed E-state index contributed by atoms with van der Waals surface area (Å²) in [5.41, 5.74) is 7.06. The molecule has 0 unspecified atom stereocenters. The number of thioether (sulfide) groups is 1. The molecule has 0 aromatic heterocycles. The second kappa shape index (κ2) is 8.40. The Kier molecular flexibility index (Phi) is 5.99. The van der Waals surface area contributed by atoms with Crippen LogP contribution in [0.2, 0.25) is 0 Å². The van der Waals surface area contributed by atoms with Crippen LogP contribution >= 0.6 is 24.0 Å². The van der Waals surface area contributed by atoms with Gasteiger partial charge in [-0.05, 0) is 61.3 Å². The Balaban J connectivity index is 1.60. The predicted octanol–water partition coefficient (Wildman–Crippen LogP) is 5.03. The van der Waals surface area contributed by atoms with Gasteiger partial charge in [0.15, 0.2) is 5.11 Å². The molecule has 25 heavy (non-hydrogen) atoms. The van der Waals surface area contributed by atoms with E-state index in [1.54, 1.807) is 24.3 Å². The van der Waals surface area contributed by atoms with E-state index in [0.29, 0.717) is 21.8 Å². The summed E-state index contributed by atoms with van der Waals surface area (Å²) in [6, 6.07) is 14.9. The maximum Gasteiger partial charge on any atom is 0.288 e. The van der Waals surface area contributed by atoms with Gasteiger partial charge < -0.3 is 5.32 Å². The number of rotatable bonds is 4. The van der Waals surface area contributed by atoms with E-state index in [-0.39, 0.29) is 0 Å². The third-order valence-electron chi connectivity index (χ3n) is 3.82. The second-order valence-corrected chi connectivity index (χ2v) is 7.01. The molecule has 2 aromatic carbocycles. The fourth-order valence-corrected chi connectivity index (χ4v) is 3.38. The Bertz CT molecular complexity index is 776. The molecule has 3 rings (SSSR count). The lowest BCUT2D eigenvalue weighted by Gasteiger charge is -2.18. The van der Waals surface area contributed by atoms with Gasteiger partial charge >= 0.3 is 0 Å². The van der Waals surface area contributed by atoms with Crippen LogP contribution in [-0.4, -0.2) is 16.6 Å². The van der Waals surface area contributed by atoms with Crippen molar-refractivity contribution in [1.29, 1.82) is 0 Å². The number of alkyl halides is 2. The smallest absolute Gasteiger partial charge is 0.288 e. The van der Waals surface area contributed by atoms with Crippen molar-refractivity contribution in [2.24, 2.45) is 5.10 Å². The molecule has 1 aliphatic rings. The van der Waals surface area contributed by atoms with Gasteiger partial charge in [0.2, 0.25) is 0 Å². The number of hydrogen-bond acceptors (Lipinski definition) is 3. The van der Waals surface area contributed by atoms with Gasteiger partial charge in [-0.15, -0.1) is 0 Å². The van der Waals surface area contributed by atoms with Crippen molar-refractivity contribution < 1.29 is 8.78 Å². The molecule has 130 valence electrons. The van der Waals surface area contributed by atoms with Crippen LogP contribution in [0.3, 0.4) is 0 Å². The Labute approximate surface area is 154 Å². The minimum absolute atomic E-state index is 0.366. The van der Waals surface area contributed by atoms with Crippen molar-refractivity contribution in [2.45, 2.75) is 29.9 Å². The number of anilines is 1. The number of hydrogen-bond donors (Lipinski definition) is 2. The van der Waals surface area contributed by atoms with Crippen LogP contribution < -0.4 is 10.7 Å². The van der Waals surface area contributed by atoms with Gasteiger partial charge in [-0.25, -0.2) is 0 Å². The number of hydrazone groups is 1. The van der Waals surface area contributed by atoms with Gasteiger partial charge in [0, 0.05) is 16.1 Å². The van der Waals surface area contributed by atoms with Crippen LogP contribution in [0.1, 0.15) is 24.0 Å². The van der Waals surface area contributed by atoms with Crippen LogP contribution in [0, 0.1) is 0 Å². The third-order valence-corrected chi connectivity index (χ3v) is 4.73. The molecule has 7 heteroatoms. The highest BCUT2D eigenvalue weighted by atomic mass is 32.2. The van der Waals surface area contributed by atoms with E-state index in [9.17, 15) is 8.78 Å². The molecule has 0 amide bonds. The van der Waals surface area contributed by atoms with Crippen molar-refractivity contribution in [3.8, 4) is 0 Å². The van der Waals surface area contributed by atoms with E-state index in [2.05, 4.69) is 28.0 Å². The van der Waals surface area contributed by atoms with Gasteiger partial charge in [-0.2, -0.15) is 13.9 Å². The molecule has 1 aliphatic carbocycles. The van der Waals surface area contributed by atoms with E-state index >= 15 is 0 Å². The molecule has 0 aliphatic heterocycles. The first-order valence-corrected chi connectivity index (χ1v) is 9.17. The Morgan fingerprint density at radius 1 is 1.08 bits per heavy atom. The number of nitrogens with zero attached hydrogens (tertiary/aromatic N) is 1. The molecule has 0 saturated heterocycles. The Morgan fingerprint density at radius 3 is 2.60 bits per heavy atom. The van der Waals surface area contributed by atoms with Gasteiger partial charge in [-0.3, -0.25) is 5.43 Å². The van der Waals surface area contributed by atoms with Crippen molar-refractivity contribution >= 4 is 40.5 Å². The number of halogens is 2. The summed E-state index contributed by atoms with van der Waals surface area (Å²) in [5.74, 6) is -2.42. The van der Waals surface area contributed by atoms with Crippen LogP contribution in [0.15, 0.2) is 58.5 Å². The second-order valence-electron chi connectivity index (χ2n) is 5.54. The molecule has 2 N–H and O–H groups in total. The molecule has 0 spiro atoms. The van der Waals surface area contributed by atoms with Gasteiger partial charge in [0.05, 0.1) is 5.71 Å². The third kappa shape index (κ3) is 4.99. The molecular formula is C18H17F2N3S2. The van der Waals surface area contributed by atoms with E-state index in [1.807, 2.05) is 12.1 Å². The highest BCUT2D eigenvalue weighted by Gasteiger charge is 2.14. The molecular weight excluding hydrogens is 360 g/mol. The van der Waals surface area contributed by atoms with Crippen molar-refractivity contribution in [3.63, 3.8) is 0 Å². The largest absolute Gasteiger partial charge is 0.331 e. The van der Waals surface area contributed by atoms with Crippen LogP contribution in [0.4, 0.5) is 14.5 Å². The number of fused-ring (bicyclic) bond motifs is 1. The zero-order valence-corrected chi connectivity index (χ0v) is 15.0. The number of benzene rings is 2. The Hall–Kier alpha value is -1.99. The summed E-state index contributed by atoms with van der Waals surface area (Å²) in [6.07, 6.45) is 3.05. The standard InChI is InChI=1S/C18H17F2N3S2/c19-17(20)25-14-10-8-13(9-11-14)21-18(24)23-22-16-7-3-5-12-4-1-2-6-15(12)16/h1-2,4,6,8-11,17H,3,5,7H2,(H2,21,23,24). The summed E-state index contributed by atoms with van der Waals surface area (Å²) < 4.78 is 24.6. The molecule has 0 atom stereocenters. The van der Waals surface area contributed by atoms with E-state index in [4.69, 9.17) is 12.2 Å². The first kappa shape index (κ1) is 17.8. The fraction of sp³-hybridized carbons (Fsp3) is 0.222. The quantitative estimate of drug-likeness (QED) is 0.445. The maximum atomic E-state index is 12.3. The van der Waals surface area contributed by atoms with Crippen molar-refractivity contribution in [1.82, 2.24) is 5.43 Å². The lowest BCUT2D eigenvalue weighted by atomic mass is 9.90. The molecule has 3 nitrogen and oxygen atoms in total. The molecule has 2 aromatic rings. The maximum absolute atomic E-state index is 12.3. The fourth-order valence-electron chi connectivity index (χ4n) is 2.71. The van der Waals surface area contributed by atoms with E-state index in [0.717, 1.165) is 36.2 Å². The first-order chi connectivity index (χ1) is 12.1. The summed E-state index contributed by atoms with van der Waals surface area (Å²) >= 11 is 5.77. The number of aryl methyl sites for hydroxylation is 1. The molecule has 0 bridgehead atoms. The first-order valence-electron chi connectivity index (χ1n) is 7.88. The monoisotopic (exact) mass is 377 g/mol. The lowest BCUT2D eigenvalue weighted by molar-refractivity contribution is 0.252. The number of thiocarbonyl (C=S) groups is 1. The molecule has 0 fully saturated rings. The van der Waals surface area contributed by atoms with Gasteiger partial charge in [0.1, 0.15) is 0 Å². The highest BCUT2D eigenvalue weighted by Crippen LogP contribution is 2.26.